The SMILES string of the molecule is Cc1ccc(N2C(=O)[C@@H]3[C@H](ON(c4ccccc4)[C@@H]3c3ccc(O)cc3)C2=O)cc1C. The third-order valence-electron chi connectivity index (χ3n) is 6.11. The summed E-state index contributed by atoms with van der Waals surface area (Å²) >= 11 is 0. The fourth-order valence-electron chi connectivity index (χ4n) is 4.34. The monoisotopic (exact) mass is 414 g/mol. The Morgan fingerprint density at radius 1 is 0.806 bits per heavy atom. The standard InChI is InChI=1S/C25H22N2O4/c1-15-8-11-19(14-16(15)2)26-24(29)21-22(17-9-12-20(28)13-10-17)27(31-23(21)25(26)30)18-6-4-3-5-7-18/h3-14,21-23,28H,1-2H3/t21-,22+,23-/m0/s1. The Morgan fingerprint density at radius 3 is 2.19 bits per heavy atom. The largest absolute Gasteiger partial charge is 0.508 e. The molecule has 3 atom stereocenters. The molecule has 1 N–H and O–H groups in total. The van der Waals surface area contributed by atoms with E-state index in [-0.39, 0.29) is 17.6 Å². The van der Waals surface area contributed by atoms with E-state index in [9.17, 15) is 14.7 Å². The number of hydrogen-bond acceptors (Lipinski definition) is 5. The van der Waals surface area contributed by atoms with E-state index in [1.54, 1.807) is 35.4 Å². The van der Waals surface area contributed by atoms with Gasteiger partial charge >= 0.3 is 0 Å². The Kier molecular flexibility index (Phi) is 4.52. The zero-order valence-corrected chi connectivity index (χ0v) is 17.2. The number of carbonyl (C=O) groups excluding carboxylic acids is 2. The molecule has 0 aromatic heterocycles. The lowest BCUT2D eigenvalue weighted by atomic mass is 9.90. The van der Waals surface area contributed by atoms with E-state index in [0.29, 0.717) is 5.69 Å². The fraction of sp³-hybridized carbons (Fsp3) is 0.200. The van der Waals surface area contributed by atoms with Crippen LogP contribution >= 0.6 is 0 Å². The van der Waals surface area contributed by atoms with Crippen LogP contribution in [0.15, 0.2) is 72.8 Å². The van der Waals surface area contributed by atoms with E-state index < -0.39 is 18.1 Å². The van der Waals surface area contributed by atoms with Crippen LogP contribution in [-0.4, -0.2) is 23.0 Å². The maximum Gasteiger partial charge on any atom is 0.266 e. The van der Waals surface area contributed by atoms with Gasteiger partial charge in [0.15, 0.2) is 6.10 Å². The molecule has 156 valence electrons. The first kappa shape index (κ1) is 19.3. The van der Waals surface area contributed by atoms with Crippen LogP contribution in [0.25, 0.3) is 0 Å². The van der Waals surface area contributed by atoms with Crippen molar-refractivity contribution in [3.05, 3.63) is 89.5 Å². The third kappa shape index (κ3) is 3.07. The van der Waals surface area contributed by atoms with Crippen LogP contribution in [-0.2, 0) is 14.4 Å². The van der Waals surface area contributed by atoms with E-state index in [1.807, 2.05) is 56.3 Å². The lowest BCUT2D eigenvalue weighted by Crippen LogP contribution is -2.37. The molecule has 2 aliphatic rings. The predicted octanol–water partition coefficient (Wildman–Crippen LogP) is 4.06. The molecule has 6 heteroatoms. The second-order valence-corrected chi connectivity index (χ2v) is 8.03. The molecular weight excluding hydrogens is 392 g/mol. The zero-order chi connectivity index (χ0) is 21.7. The second kappa shape index (κ2) is 7.25. The third-order valence-corrected chi connectivity index (χ3v) is 6.11. The maximum atomic E-state index is 13.6. The molecule has 0 unspecified atom stereocenters. The van der Waals surface area contributed by atoms with E-state index in [4.69, 9.17) is 4.84 Å². The maximum absolute atomic E-state index is 13.6. The second-order valence-electron chi connectivity index (χ2n) is 8.03. The minimum Gasteiger partial charge on any atom is -0.508 e. The van der Waals surface area contributed by atoms with Gasteiger partial charge < -0.3 is 5.11 Å². The summed E-state index contributed by atoms with van der Waals surface area (Å²) in [4.78, 5) is 34.2. The van der Waals surface area contributed by atoms with Gasteiger partial charge in [-0.1, -0.05) is 36.4 Å². The number of phenolic OH excluding ortho intramolecular Hbond substituents is 1. The van der Waals surface area contributed by atoms with Gasteiger partial charge in [0.2, 0.25) is 5.91 Å². The van der Waals surface area contributed by atoms with Gasteiger partial charge in [-0.15, -0.1) is 0 Å². The summed E-state index contributed by atoms with van der Waals surface area (Å²) in [5, 5.41) is 11.4. The Bertz CT molecular complexity index is 1160. The molecule has 6 nitrogen and oxygen atoms in total. The Hall–Kier alpha value is -3.64. The summed E-state index contributed by atoms with van der Waals surface area (Å²) < 4.78 is 0. The first-order valence-electron chi connectivity index (χ1n) is 10.2. The van der Waals surface area contributed by atoms with Gasteiger partial charge in [0.1, 0.15) is 11.7 Å². The van der Waals surface area contributed by atoms with Crippen molar-refractivity contribution in [1.29, 1.82) is 0 Å². The van der Waals surface area contributed by atoms with Crippen LogP contribution in [0, 0.1) is 19.8 Å². The van der Waals surface area contributed by atoms with Crippen molar-refractivity contribution in [3.8, 4) is 5.75 Å². The lowest BCUT2D eigenvalue weighted by molar-refractivity contribution is -0.126. The van der Waals surface area contributed by atoms with Gasteiger partial charge in [-0.05, 0) is 66.9 Å². The van der Waals surface area contributed by atoms with E-state index in [2.05, 4.69) is 0 Å². The molecule has 0 spiro atoms. The minimum absolute atomic E-state index is 0.135. The number of phenols is 1. The summed E-state index contributed by atoms with van der Waals surface area (Å²) in [6.07, 6.45) is -0.909. The van der Waals surface area contributed by atoms with Crippen molar-refractivity contribution in [2.24, 2.45) is 5.92 Å². The number of anilines is 2. The summed E-state index contributed by atoms with van der Waals surface area (Å²) in [5.41, 5.74) is 4.21. The zero-order valence-electron chi connectivity index (χ0n) is 17.2. The van der Waals surface area contributed by atoms with Crippen molar-refractivity contribution in [2.75, 3.05) is 9.96 Å². The highest BCUT2D eigenvalue weighted by atomic mass is 16.7. The first-order chi connectivity index (χ1) is 15.0. The topological polar surface area (TPSA) is 70.1 Å². The molecule has 2 aliphatic heterocycles. The lowest BCUT2D eigenvalue weighted by Gasteiger charge is -2.28. The number of imide groups is 1. The van der Waals surface area contributed by atoms with Gasteiger partial charge in [0.05, 0.1) is 17.4 Å². The quantitative estimate of drug-likeness (QED) is 0.655. The summed E-state index contributed by atoms with van der Waals surface area (Å²) in [5.74, 6) is -1.20. The number of carbonyl (C=O) groups is 2. The molecule has 5 rings (SSSR count). The molecule has 0 radical (unpaired) electrons. The van der Waals surface area contributed by atoms with Gasteiger partial charge in [0.25, 0.3) is 5.91 Å². The van der Waals surface area contributed by atoms with Crippen molar-refractivity contribution in [3.63, 3.8) is 0 Å². The van der Waals surface area contributed by atoms with Crippen LogP contribution in [0.3, 0.4) is 0 Å². The van der Waals surface area contributed by atoms with Crippen LogP contribution in [0.4, 0.5) is 11.4 Å². The van der Waals surface area contributed by atoms with Gasteiger partial charge in [-0.3, -0.25) is 14.4 Å². The number of para-hydroxylation sites is 1. The predicted molar refractivity (Wildman–Crippen MR) is 117 cm³/mol. The Morgan fingerprint density at radius 2 is 1.52 bits per heavy atom. The number of fused-ring (bicyclic) bond motifs is 1. The van der Waals surface area contributed by atoms with Crippen molar-refractivity contribution >= 4 is 23.2 Å². The average Bonchev–Trinajstić information content (AvgIpc) is 3.28. The number of aromatic hydroxyl groups is 1. The smallest absolute Gasteiger partial charge is 0.266 e. The number of amides is 2. The van der Waals surface area contributed by atoms with Crippen LogP contribution in [0.1, 0.15) is 22.7 Å². The molecule has 0 bridgehead atoms. The first-order valence-corrected chi connectivity index (χ1v) is 10.2. The highest BCUT2D eigenvalue weighted by Gasteiger charge is 2.60. The molecule has 3 aromatic carbocycles. The highest BCUT2D eigenvalue weighted by Crippen LogP contribution is 2.47. The Balaban J connectivity index is 1.58. The van der Waals surface area contributed by atoms with Crippen LogP contribution < -0.4 is 9.96 Å². The minimum atomic E-state index is -0.909. The van der Waals surface area contributed by atoms with E-state index in [1.165, 1.54) is 4.90 Å². The number of hydrogen-bond donors (Lipinski definition) is 1. The van der Waals surface area contributed by atoms with E-state index >= 15 is 0 Å². The number of benzene rings is 3. The number of rotatable bonds is 3. The van der Waals surface area contributed by atoms with Crippen molar-refractivity contribution in [2.45, 2.75) is 26.0 Å². The van der Waals surface area contributed by atoms with Crippen LogP contribution in [0.5, 0.6) is 5.75 Å². The normalized spacial score (nSPS) is 22.8. The Labute approximate surface area is 180 Å². The molecule has 2 fully saturated rings. The summed E-state index contributed by atoms with van der Waals surface area (Å²) in [6.45, 7) is 3.95. The molecule has 0 aliphatic carbocycles. The number of nitrogens with zero attached hydrogens (tertiary/aromatic N) is 2. The fourth-order valence-corrected chi connectivity index (χ4v) is 4.34. The average molecular weight is 414 g/mol. The number of aryl methyl sites for hydroxylation is 2. The summed E-state index contributed by atoms with van der Waals surface area (Å²) in [7, 11) is 0. The molecule has 2 saturated heterocycles. The highest BCUT2D eigenvalue weighted by molar-refractivity contribution is 6.24. The molecular formula is C25H22N2O4. The molecule has 2 amide bonds. The molecule has 0 saturated carbocycles. The van der Waals surface area contributed by atoms with Crippen LogP contribution in [0.2, 0.25) is 0 Å². The van der Waals surface area contributed by atoms with Crippen molar-refractivity contribution < 1.29 is 19.5 Å². The van der Waals surface area contributed by atoms with Gasteiger partial charge in [0, 0.05) is 0 Å². The number of hydroxylamine groups is 1. The molecule has 2 heterocycles. The molecule has 31 heavy (non-hydrogen) atoms. The summed E-state index contributed by atoms with van der Waals surface area (Å²) in [6, 6.07) is 21.2. The molecule has 3 aromatic rings. The van der Waals surface area contributed by atoms with E-state index in [0.717, 1.165) is 22.4 Å². The van der Waals surface area contributed by atoms with Gasteiger partial charge in [-0.25, -0.2) is 9.96 Å². The van der Waals surface area contributed by atoms with Gasteiger partial charge in [-0.2, -0.15) is 0 Å². The van der Waals surface area contributed by atoms with Crippen molar-refractivity contribution in [1.82, 2.24) is 0 Å².